The molecule has 21 heavy (non-hydrogen) atoms. The Morgan fingerprint density at radius 3 is 2.71 bits per heavy atom. The summed E-state index contributed by atoms with van der Waals surface area (Å²) in [6.07, 6.45) is 0.488. The lowest BCUT2D eigenvalue weighted by molar-refractivity contribution is -0.151. The molecule has 0 aromatic rings. The fourth-order valence-electron chi connectivity index (χ4n) is 2.77. The molecule has 2 rings (SSSR count). The smallest absolute Gasteiger partial charge is 0.410 e. The van der Waals surface area contributed by atoms with Crippen molar-refractivity contribution < 1.29 is 28.6 Å². The Morgan fingerprint density at radius 2 is 2.05 bits per heavy atom. The van der Waals surface area contributed by atoms with Crippen LogP contribution in [0.15, 0.2) is 0 Å². The van der Waals surface area contributed by atoms with E-state index in [-0.39, 0.29) is 25.7 Å². The molecule has 0 radical (unpaired) electrons. The first kappa shape index (κ1) is 15.6. The first-order chi connectivity index (χ1) is 10.1. The van der Waals surface area contributed by atoms with E-state index in [4.69, 9.17) is 14.2 Å². The maximum atomic E-state index is 12.1. The summed E-state index contributed by atoms with van der Waals surface area (Å²) in [4.78, 5) is 37.4. The molecule has 0 saturated carbocycles. The highest BCUT2D eigenvalue weighted by Gasteiger charge is 2.52. The molecule has 0 spiro atoms. The van der Waals surface area contributed by atoms with Gasteiger partial charge in [0.05, 0.1) is 19.3 Å². The van der Waals surface area contributed by atoms with Gasteiger partial charge in [-0.3, -0.25) is 9.69 Å². The average molecular weight is 300 g/mol. The second kappa shape index (κ2) is 6.75. The summed E-state index contributed by atoms with van der Waals surface area (Å²) >= 11 is 0. The summed E-state index contributed by atoms with van der Waals surface area (Å²) < 4.78 is 14.8. The van der Waals surface area contributed by atoms with Crippen molar-refractivity contribution in [3.8, 4) is 0 Å². The summed E-state index contributed by atoms with van der Waals surface area (Å²) in [5.41, 5.74) is 0. The second-order valence-corrected chi connectivity index (χ2v) is 4.91. The van der Waals surface area contributed by atoms with Crippen LogP contribution < -0.4 is 5.32 Å². The number of carbonyl (C=O) groups is 3. The molecular formula is C13H20N2O6. The van der Waals surface area contributed by atoms with Crippen LogP contribution in [0.4, 0.5) is 4.79 Å². The van der Waals surface area contributed by atoms with E-state index < -0.39 is 30.2 Å². The van der Waals surface area contributed by atoms with Gasteiger partial charge in [0.2, 0.25) is 5.91 Å². The van der Waals surface area contributed by atoms with Crippen LogP contribution in [0.25, 0.3) is 0 Å². The Balaban J connectivity index is 2.08. The van der Waals surface area contributed by atoms with Gasteiger partial charge < -0.3 is 19.5 Å². The van der Waals surface area contributed by atoms with E-state index in [2.05, 4.69) is 5.32 Å². The van der Waals surface area contributed by atoms with Gasteiger partial charge >= 0.3 is 12.1 Å². The molecule has 8 nitrogen and oxygen atoms in total. The minimum Gasteiger partial charge on any atom is -0.464 e. The topological polar surface area (TPSA) is 94.2 Å². The van der Waals surface area contributed by atoms with Crippen LogP contribution in [0, 0.1) is 0 Å². The number of hydrogen-bond donors (Lipinski definition) is 1. The van der Waals surface area contributed by atoms with E-state index in [0.29, 0.717) is 12.8 Å². The van der Waals surface area contributed by atoms with E-state index >= 15 is 0 Å². The molecule has 0 aliphatic carbocycles. The van der Waals surface area contributed by atoms with Crippen molar-refractivity contribution in [1.29, 1.82) is 0 Å². The highest BCUT2D eigenvalue weighted by Crippen LogP contribution is 2.31. The lowest BCUT2D eigenvalue weighted by Crippen LogP contribution is -2.65. The SMILES string of the molecule is CCOC(=O)[C@H]1NC(=O)[C@H]2CC[C@@H]1N2C(=O)OCCOC. The van der Waals surface area contributed by atoms with E-state index in [1.165, 1.54) is 12.0 Å². The molecule has 8 heteroatoms. The maximum absolute atomic E-state index is 12.1. The third-order valence-corrected chi connectivity index (χ3v) is 3.68. The molecule has 0 unspecified atom stereocenters. The van der Waals surface area contributed by atoms with Crippen LogP contribution in [-0.2, 0) is 23.8 Å². The number of ether oxygens (including phenoxy) is 3. The summed E-state index contributed by atoms with van der Waals surface area (Å²) in [5, 5.41) is 2.63. The van der Waals surface area contributed by atoms with Gasteiger partial charge in [-0.2, -0.15) is 0 Å². The Hall–Kier alpha value is -1.83. The van der Waals surface area contributed by atoms with Crippen LogP contribution >= 0.6 is 0 Å². The highest BCUT2D eigenvalue weighted by atomic mass is 16.6. The first-order valence-electron chi connectivity index (χ1n) is 7.01. The van der Waals surface area contributed by atoms with Crippen molar-refractivity contribution in [3.05, 3.63) is 0 Å². The molecule has 1 N–H and O–H groups in total. The molecule has 0 aromatic heterocycles. The number of nitrogens with one attached hydrogen (secondary N) is 1. The van der Waals surface area contributed by atoms with Gasteiger partial charge in [-0.15, -0.1) is 0 Å². The number of hydrogen-bond acceptors (Lipinski definition) is 6. The van der Waals surface area contributed by atoms with Gasteiger partial charge in [-0.05, 0) is 19.8 Å². The van der Waals surface area contributed by atoms with Gasteiger partial charge in [-0.25, -0.2) is 9.59 Å². The molecule has 3 atom stereocenters. The number of fused-ring (bicyclic) bond motifs is 2. The second-order valence-electron chi connectivity index (χ2n) is 4.91. The van der Waals surface area contributed by atoms with Crippen molar-refractivity contribution >= 4 is 18.0 Å². The number of esters is 1. The van der Waals surface area contributed by atoms with E-state index in [1.807, 2.05) is 0 Å². The number of piperazine rings is 1. The fourth-order valence-corrected chi connectivity index (χ4v) is 2.77. The third-order valence-electron chi connectivity index (χ3n) is 3.68. The number of nitrogens with zero attached hydrogens (tertiary/aromatic N) is 1. The Kier molecular flexibility index (Phi) is 5.00. The number of rotatable bonds is 5. The van der Waals surface area contributed by atoms with Crippen molar-refractivity contribution in [2.24, 2.45) is 0 Å². The van der Waals surface area contributed by atoms with Gasteiger partial charge in [0.15, 0.2) is 0 Å². The quantitative estimate of drug-likeness (QED) is 0.551. The minimum absolute atomic E-state index is 0.108. The van der Waals surface area contributed by atoms with Crippen LogP contribution in [0.5, 0.6) is 0 Å². The monoisotopic (exact) mass is 300 g/mol. The standard InChI is InChI=1S/C13H20N2O6/c1-3-20-12(17)10-8-4-5-9(11(16)14-10)15(8)13(18)21-7-6-19-2/h8-10H,3-7H2,1-2H3,(H,14,16)/t8-,9+,10-/m0/s1. The summed E-state index contributed by atoms with van der Waals surface area (Å²) in [6, 6.07) is -1.82. The first-order valence-corrected chi connectivity index (χ1v) is 7.01. The number of methoxy groups -OCH3 is 1. The molecule has 2 aliphatic rings. The van der Waals surface area contributed by atoms with Crippen LogP contribution in [0.2, 0.25) is 0 Å². The van der Waals surface area contributed by atoms with Crippen molar-refractivity contribution in [2.45, 2.75) is 37.9 Å². The van der Waals surface area contributed by atoms with Gasteiger partial charge in [0, 0.05) is 7.11 Å². The molecule has 2 heterocycles. The van der Waals surface area contributed by atoms with Crippen LogP contribution in [-0.4, -0.2) is 67.9 Å². The van der Waals surface area contributed by atoms with Crippen molar-refractivity contribution in [2.75, 3.05) is 26.9 Å². The van der Waals surface area contributed by atoms with E-state index in [9.17, 15) is 14.4 Å². The average Bonchev–Trinajstić information content (AvgIpc) is 2.82. The van der Waals surface area contributed by atoms with Crippen LogP contribution in [0.3, 0.4) is 0 Å². The summed E-state index contributed by atoms with van der Waals surface area (Å²) in [5.74, 6) is -0.864. The van der Waals surface area contributed by atoms with Gasteiger partial charge in [0.1, 0.15) is 18.7 Å². The van der Waals surface area contributed by atoms with E-state index in [1.54, 1.807) is 6.92 Å². The Labute approximate surface area is 122 Å². The predicted octanol–water partition coefficient (Wildman–Crippen LogP) is -0.336. The highest BCUT2D eigenvalue weighted by molar-refractivity contribution is 5.93. The molecule has 0 aromatic carbocycles. The third kappa shape index (κ3) is 3.10. The van der Waals surface area contributed by atoms with Crippen molar-refractivity contribution in [1.82, 2.24) is 10.2 Å². The molecule has 2 saturated heterocycles. The van der Waals surface area contributed by atoms with Gasteiger partial charge in [0.25, 0.3) is 0 Å². The van der Waals surface area contributed by atoms with Gasteiger partial charge in [-0.1, -0.05) is 0 Å². The molecule has 2 fully saturated rings. The molecule has 2 aliphatic heterocycles. The predicted molar refractivity (Wildman–Crippen MR) is 70.4 cm³/mol. The molecular weight excluding hydrogens is 280 g/mol. The zero-order valence-corrected chi connectivity index (χ0v) is 12.2. The normalized spacial score (nSPS) is 27.2. The van der Waals surface area contributed by atoms with E-state index in [0.717, 1.165) is 0 Å². The van der Waals surface area contributed by atoms with Crippen molar-refractivity contribution in [3.63, 3.8) is 0 Å². The Morgan fingerprint density at radius 1 is 1.29 bits per heavy atom. The molecule has 118 valence electrons. The largest absolute Gasteiger partial charge is 0.464 e. The molecule has 2 bridgehead atoms. The Bertz CT molecular complexity index is 427. The maximum Gasteiger partial charge on any atom is 0.410 e. The summed E-state index contributed by atoms with van der Waals surface area (Å²) in [6.45, 7) is 2.30. The summed E-state index contributed by atoms with van der Waals surface area (Å²) in [7, 11) is 1.50. The number of carbonyl (C=O) groups excluding carboxylic acids is 3. The number of amides is 2. The minimum atomic E-state index is -0.828. The lowest BCUT2D eigenvalue weighted by Gasteiger charge is -2.37. The zero-order chi connectivity index (χ0) is 15.4. The lowest BCUT2D eigenvalue weighted by atomic mass is 10.1. The molecule has 2 amide bonds. The fraction of sp³-hybridized carbons (Fsp3) is 0.769. The van der Waals surface area contributed by atoms with Crippen LogP contribution in [0.1, 0.15) is 19.8 Å². The zero-order valence-electron chi connectivity index (χ0n) is 12.2.